The van der Waals surface area contributed by atoms with E-state index in [-0.39, 0.29) is 5.91 Å². The molecule has 0 aromatic heterocycles. The number of hydrogen-bond acceptors (Lipinski definition) is 3. The Balaban J connectivity index is 2.43. The first-order chi connectivity index (χ1) is 7.67. The number of anilines is 1. The van der Waals surface area contributed by atoms with Gasteiger partial charge in [-0.05, 0) is 24.1 Å². The van der Waals surface area contributed by atoms with Gasteiger partial charge in [-0.3, -0.25) is 9.69 Å². The number of nitrogens with zero attached hydrogens (tertiary/aromatic N) is 2. The quantitative estimate of drug-likeness (QED) is 0.798. The van der Waals surface area contributed by atoms with Crippen LogP contribution in [0.25, 0.3) is 0 Å². The second-order valence-corrected chi connectivity index (χ2v) is 3.91. The van der Waals surface area contributed by atoms with Gasteiger partial charge in [0.05, 0.1) is 12.5 Å². The van der Waals surface area contributed by atoms with Gasteiger partial charge in [-0.2, -0.15) is 5.26 Å². The second kappa shape index (κ2) is 3.95. The first-order valence-corrected chi connectivity index (χ1v) is 5.21. The van der Waals surface area contributed by atoms with E-state index in [4.69, 9.17) is 11.0 Å². The molecule has 1 heterocycles. The van der Waals surface area contributed by atoms with Crippen LogP contribution in [-0.4, -0.2) is 11.9 Å². The molecule has 0 saturated heterocycles. The van der Waals surface area contributed by atoms with Crippen molar-refractivity contribution in [2.24, 2.45) is 5.73 Å². The Morgan fingerprint density at radius 2 is 2.38 bits per heavy atom. The molecule has 16 heavy (non-hydrogen) atoms. The van der Waals surface area contributed by atoms with Crippen molar-refractivity contribution in [2.75, 3.05) is 4.90 Å². The molecule has 1 aliphatic rings. The third kappa shape index (κ3) is 1.55. The van der Waals surface area contributed by atoms with Crippen LogP contribution in [0.4, 0.5) is 5.69 Å². The van der Waals surface area contributed by atoms with Gasteiger partial charge in [0.15, 0.2) is 0 Å². The molecule has 4 nitrogen and oxygen atoms in total. The van der Waals surface area contributed by atoms with Crippen LogP contribution in [-0.2, 0) is 17.8 Å². The Bertz CT molecular complexity index is 476. The number of nitriles is 1. The summed E-state index contributed by atoms with van der Waals surface area (Å²) in [5, 5.41) is 8.88. The van der Waals surface area contributed by atoms with Crippen molar-refractivity contribution in [1.29, 1.82) is 5.26 Å². The zero-order valence-corrected chi connectivity index (χ0v) is 9.10. The van der Waals surface area contributed by atoms with E-state index in [2.05, 4.69) is 6.07 Å². The summed E-state index contributed by atoms with van der Waals surface area (Å²) in [5.41, 5.74) is 8.37. The molecule has 0 bridgehead atoms. The van der Waals surface area contributed by atoms with Crippen molar-refractivity contribution >= 4 is 11.6 Å². The zero-order valence-electron chi connectivity index (χ0n) is 9.10. The highest BCUT2D eigenvalue weighted by Crippen LogP contribution is 2.31. The molecule has 0 fully saturated rings. The average Bonchev–Trinajstić information content (AvgIpc) is 2.62. The minimum atomic E-state index is -0.419. The number of carbonyl (C=O) groups is 1. The monoisotopic (exact) mass is 215 g/mol. The number of hydrogen-bond donors (Lipinski definition) is 1. The third-order valence-corrected chi connectivity index (χ3v) is 2.82. The lowest BCUT2D eigenvalue weighted by atomic mass is 10.1. The van der Waals surface area contributed by atoms with E-state index in [9.17, 15) is 4.79 Å². The summed E-state index contributed by atoms with van der Waals surface area (Å²) in [5.74, 6) is -0.0155. The van der Waals surface area contributed by atoms with Crippen molar-refractivity contribution in [3.8, 4) is 6.07 Å². The molecule has 0 radical (unpaired) electrons. The molecule has 1 aromatic carbocycles. The first-order valence-electron chi connectivity index (χ1n) is 5.21. The molecule has 4 heteroatoms. The summed E-state index contributed by atoms with van der Waals surface area (Å²) < 4.78 is 0. The van der Waals surface area contributed by atoms with E-state index >= 15 is 0 Å². The van der Waals surface area contributed by atoms with E-state index < -0.39 is 6.04 Å². The van der Waals surface area contributed by atoms with Crippen molar-refractivity contribution in [2.45, 2.75) is 25.9 Å². The van der Waals surface area contributed by atoms with Gasteiger partial charge in [0.2, 0.25) is 5.91 Å². The van der Waals surface area contributed by atoms with Crippen LogP contribution >= 0.6 is 0 Å². The van der Waals surface area contributed by atoms with Gasteiger partial charge >= 0.3 is 0 Å². The zero-order chi connectivity index (χ0) is 11.7. The summed E-state index contributed by atoms with van der Waals surface area (Å²) in [6.45, 7) is 2.19. The molecule has 1 unspecified atom stereocenters. The smallest absolute Gasteiger partial charge is 0.232 e. The molecular weight excluding hydrogens is 202 g/mol. The van der Waals surface area contributed by atoms with Crippen molar-refractivity contribution in [3.05, 3.63) is 29.3 Å². The summed E-state index contributed by atoms with van der Waals surface area (Å²) in [7, 11) is 0. The number of carbonyl (C=O) groups excluding carboxylic acids is 1. The lowest BCUT2D eigenvalue weighted by Gasteiger charge is -2.19. The lowest BCUT2D eigenvalue weighted by Crippen LogP contribution is -2.34. The Hall–Kier alpha value is -1.86. The summed E-state index contributed by atoms with van der Waals surface area (Å²) in [6, 6.07) is 7.38. The molecule has 1 atom stereocenters. The number of amides is 1. The second-order valence-electron chi connectivity index (χ2n) is 3.91. The van der Waals surface area contributed by atoms with Crippen molar-refractivity contribution in [3.63, 3.8) is 0 Å². The van der Waals surface area contributed by atoms with Gasteiger partial charge in [0, 0.05) is 12.2 Å². The highest BCUT2D eigenvalue weighted by molar-refractivity contribution is 6.02. The fourth-order valence-corrected chi connectivity index (χ4v) is 2.01. The van der Waals surface area contributed by atoms with Crippen molar-refractivity contribution in [1.82, 2.24) is 0 Å². The number of fused-ring (bicyclic) bond motifs is 1. The Morgan fingerprint density at radius 3 is 3.00 bits per heavy atom. The number of benzene rings is 1. The molecule has 0 spiro atoms. The van der Waals surface area contributed by atoms with Crippen LogP contribution in [0.2, 0.25) is 0 Å². The lowest BCUT2D eigenvalue weighted by molar-refractivity contribution is -0.117. The fourth-order valence-electron chi connectivity index (χ4n) is 2.01. The Labute approximate surface area is 94.3 Å². The maximum Gasteiger partial charge on any atom is 0.232 e. The van der Waals surface area contributed by atoms with Gasteiger partial charge in [-0.15, -0.1) is 0 Å². The van der Waals surface area contributed by atoms with Gasteiger partial charge < -0.3 is 5.73 Å². The molecule has 2 rings (SSSR count). The fraction of sp³-hybridized carbons (Fsp3) is 0.333. The Kier molecular flexibility index (Phi) is 2.63. The van der Waals surface area contributed by atoms with E-state index in [1.165, 1.54) is 0 Å². The van der Waals surface area contributed by atoms with Gasteiger partial charge in [-0.1, -0.05) is 12.1 Å². The highest BCUT2D eigenvalue weighted by atomic mass is 16.2. The highest BCUT2D eigenvalue weighted by Gasteiger charge is 2.30. The minimum absolute atomic E-state index is 0.0155. The van der Waals surface area contributed by atoms with Gasteiger partial charge in [0.1, 0.15) is 6.04 Å². The SMILES string of the molecule is CC(C#N)N1C(=O)Cc2cc(CN)ccc21. The molecule has 1 aliphatic heterocycles. The normalized spacial score (nSPS) is 15.8. The standard InChI is InChI=1S/C12H13N3O/c1-8(6-13)15-11-3-2-9(7-14)4-10(11)5-12(15)16/h2-4,8H,5,7,14H2,1H3. The molecule has 0 aliphatic carbocycles. The molecule has 82 valence electrons. The summed E-state index contributed by atoms with van der Waals surface area (Å²) in [6.07, 6.45) is 0.370. The summed E-state index contributed by atoms with van der Waals surface area (Å²) >= 11 is 0. The predicted molar refractivity (Wildman–Crippen MR) is 60.6 cm³/mol. The average molecular weight is 215 g/mol. The largest absolute Gasteiger partial charge is 0.326 e. The van der Waals surface area contributed by atoms with Gasteiger partial charge in [-0.25, -0.2) is 0 Å². The predicted octanol–water partition coefficient (Wildman–Crippen LogP) is 0.946. The van der Waals surface area contributed by atoms with E-state index in [0.29, 0.717) is 13.0 Å². The molecule has 0 saturated carbocycles. The van der Waals surface area contributed by atoms with E-state index in [1.54, 1.807) is 11.8 Å². The minimum Gasteiger partial charge on any atom is -0.326 e. The van der Waals surface area contributed by atoms with Crippen LogP contribution < -0.4 is 10.6 Å². The molecule has 1 aromatic rings. The molecular formula is C12H13N3O. The Morgan fingerprint density at radius 1 is 1.62 bits per heavy atom. The van der Waals surface area contributed by atoms with Crippen LogP contribution in [0.5, 0.6) is 0 Å². The number of nitrogens with two attached hydrogens (primary N) is 1. The third-order valence-electron chi connectivity index (χ3n) is 2.82. The maximum absolute atomic E-state index is 11.8. The molecule has 2 N–H and O–H groups in total. The first kappa shape index (κ1) is 10.7. The van der Waals surface area contributed by atoms with Crippen LogP contribution in [0.15, 0.2) is 18.2 Å². The number of rotatable bonds is 2. The van der Waals surface area contributed by atoms with Gasteiger partial charge in [0.25, 0.3) is 0 Å². The topological polar surface area (TPSA) is 70.1 Å². The van der Waals surface area contributed by atoms with E-state index in [0.717, 1.165) is 16.8 Å². The van der Waals surface area contributed by atoms with Crippen LogP contribution in [0.1, 0.15) is 18.1 Å². The van der Waals surface area contributed by atoms with Crippen LogP contribution in [0, 0.1) is 11.3 Å². The molecule has 1 amide bonds. The summed E-state index contributed by atoms with van der Waals surface area (Å²) in [4.78, 5) is 13.3. The van der Waals surface area contributed by atoms with Crippen LogP contribution in [0.3, 0.4) is 0 Å². The maximum atomic E-state index is 11.8. The van der Waals surface area contributed by atoms with E-state index in [1.807, 2.05) is 18.2 Å². The van der Waals surface area contributed by atoms with Crippen molar-refractivity contribution < 1.29 is 4.79 Å².